The quantitative estimate of drug-likeness (QED) is 0.668. The van der Waals surface area contributed by atoms with Crippen LogP contribution in [0.2, 0.25) is 0 Å². The zero-order valence-electron chi connectivity index (χ0n) is 14.2. The molecule has 0 radical (unpaired) electrons. The summed E-state index contributed by atoms with van der Waals surface area (Å²) in [5.74, 6) is 1.79. The molecule has 2 fully saturated rings. The third-order valence-corrected chi connectivity index (χ3v) is 7.89. The maximum absolute atomic E-state index is 10.5. The summed E-state index contributed by atoms with van der Waals surface area (Å²) in [5, 5.41) is 20.6. The number of hydrogen-bond acceptors (Lipinski definition) is 2. The van der Waals surface area contributed by atoms with Crippen LogP contribution in [0.4, 0.5) is 0 Å². The standard InChI is InChI=1S/C20H30O2/c1-12-10-13-11-14(21)6-8-19(13,2)16-7-9-20(3)15(18(12)16)4-5-17(20)22/h6,8,13-17,21-22H,4-5,7,9-11H2,1-3H3/t13?,14-,15-,16-,17-,19-,20-/m0/s1. The van der Waals surface area contributed by atoms with Crippen molar-refractivity contribution in [1.82, 2.24) is 0 Å². The Morgan fingerprint density at radius 1 is 1.09 bits per heavy atom. The minimum absolute atomic E-state index is 0.105. The summed E-state index contributed by atoms with van der Waals surface area (Å²) in [7, 11) is 0. The number of fused-ring (bicyclic) bond motifs is 5. The van der Waals surface area contributed by atoms with Crippen molar-refractivity contribution in [3.63, 3.8) is 0 Å². The Morgan fingerprint density at radius 2 is 1.86 bits per heavy atom. The molecule has 4 aliphatic rings. The summed E-state index contributed by atoms with van der Waals surface area (Å²) in [5.41, 5.74) is 3.57. The van der Waals surface area contributed by atoms with E-state index in [0.717, 1.165) is 32.1 Å². The van der Waals surface area contributed by atoms with E-state index in [2.05, 4.69) is 26.8 Å². The van der Waals surface area contributed by atoms with E-state index in [9.17, 15) is 10.2 Å². The van der Waals surface area contributed by atoms with Crippen molar-refractivity contribution >= 4 is 0 Å². The molecule has 122 valence electrons. The molecular weight excluding hydrogens is 272 g/mol. The van der Waals surface area contributed by atoms with E-state index in [0.29, 0.717) is 17.8 Å². The van der Waals surface area contributed by atoms with Crippen LogP contribution in [0.25, 0.3) is 0 Å². The van der Waals surface area contributed by atoms with Gasteiger partial charge < -0.3 is 10.2 Å². The SMILES string of the molecule is CC1=C2[C@@H]3CC[C@H](O)[C@@]3(C)CC[C@@H]2[C@@]2(C)C=C[C@H](O)CC2C1. The van der Waals surface area contributed by atoms with Crippen molar-refractivity contribution in [2.75, 3.05) is 0 Å². The van der Waals surface area contributed by atoms with Crippen LogP contribution in [0.5, 0.6) is 0 Å². The summed E-state index contributed by atoms with van der Waals surface area (Å²) in [4.78, 5) is 0. The first-order valence-electron chi connectivity index (χ1n) is 9.11. The van der Waals surface area contributed by atoms with Crippen LogP contribution < -0.4 is 0 Å². The van der Waals surface area contributed by atoms with E-state index < -0.39 is 0 Å². The fourth-order valence-corrected chi connectivity index (χ4v) is 6.43. The van der Waals surface area contributed by atoms with Crippen molar-refractivity contribution in [2.45, 2.75) is 71.5 Å². The van der Waals surface area contributed by atoms with Gasteiger partial charge in [-0.2, -0.15) is 0 Å². The minimum atomic E-state index is -0.255. The van der Waals surface area contributed by atoms with Crippen LogP contribution in [-0.4, -0.2) is 22.4 Å². The Labute approximate surface area is 134 Å². The van der Waals surface area contributed by atoms with Crippen LogP contribution >= 0.6 is 0 Å². The Hall–Kier alpha value is -0.600. The molecule has 0 aromatic rings. The zero-order valence-corrected chi connectivity index (χ0v) is 14.2. The third kappa shape index (κ3) is 1.80. The van der Waals surface area contributed by atoms with Crippen LogP contribution in [0.1, 0.15) is 59.3 Å². The normalized spacial score (nSPS) is 54.0. The van der Waals surface area contributed by atoms with E-state index >= 15 is 0 Å². The first kappa shape index (κ1) is 15.0. The molecule has 2 heteroatoms. The van der Waals surface area contributed by atoms with Gasteiger partial charge in [-0.1, -0.05) is 37.1 Å². The molecule has 2 N–H and O–H groups in total. The highest BCUT2D eigenvalue weighted by Gasteiger charge is 2.57. The molecule has 2 saturated carbocycles. The van der Waals surface area contributed by atoms with Crippen molar-refractivity contribution in [3.05, 3.63) is 23.3 Å². The fraction of sp³-hybridized carbons (Fsp3) is 0.800. The molecule has 2 nitrogen and oxygen atoms in total. The fourth-order valence-electron chi connectivity index (χ4n) is 6.43. The highest BCUT2D eigenvalue weighted by Crippen LogP contribution is 2.64. The van der Waals surface area contributed by atoms with Crippen LogP contribution in [0.15, 0.2) is 23.3 Å². The summed E-state index contributed by atoms with van der Waals surface area (Å²) in [6.07, 6.45) is 10.5. The van der Waals surface area contributed by atoms with E-state index in [-0.39, 0.29) is 23.0 Å². The van der Waals surface area contributed by atoms with Crippen LogP contribution in [-0.2, 0) is 0 Å². The Balaban J connectivity index is 1.78. The predicted molar refractivity (Wildman–Crippen MR) is 88.2 cm³/mol. The van der Waals surface area contributed by atoms with Gasteiger partial charge >= 0.3 is 0 Å². The molecular formula is C20H30O2. The topological polar surface area (TPSA) is 40.5 Å². The van der Waals surface area contributed by atoms with Crippen LogP contribution in [0, 0.1) is 28.6 Å². The predicted octanol–water partition coefficient (Wildman–Crippen LogP) is 3.84. The van der Waals surface area contributed by atoms with Gasteiger partial charge in [0.05, 0.1) is 12.2 Å². The van der Waals surface area contributed by atoms with E-state index in [1.54, 1.807) is 11.1 Å². The lowest BCUT2D eigenvalue weighted by Gasteiger charge is -2.56. The highest BCUT2D eigenvalue weighted by molar-refractivity contribution is 5.35. The molecule has 0 aromatic carbocycles. The number of aliphatic hydroxyl groups is 2. The second kappa shape index (κ2) is 4.70. The number of hydrogen-bond donors (Lipinski definition) is 2. The second-order valence-electron chi connectivity index (χ2n) is 8.91. The Morgan fingerprint density at radius 3 is 2.64 bits per heavy atom. The average molecular weight is 302 g/mol. The molecule has 22 heavy (non-hydrogen) atoms. The first-order valence-corrected chi connectivity index (χ1v) is 9.11. The monoisotopic (exact) mass is 302 g/mol. The average Bonchev–Trinajstić information content (AvgIpc) is 2.77. The largest absolute Gasteiger partial charge is 0.393 e. The number of allylic oxidation sites excluding steroid dienone is 3. The van der Waals surface area contributed by atoms with Gasteiger partial charge in [0.2, 0.25) is 0 Å². The van der Waals surface area contributed by atoms with Crippen LogP contribution in [0.3, 0.4) is 0 Å². The van der Waals surface area contributed by atoms with Crippen molar-refractivity contribution in [2.24, 2.45) is 28.6 Å². The molecule has 4 aliphatic carbocycles. The summed E-state index contributed by atoms with van der Waals surface area (Å²) in [6, 6.07) is 0. The smallest absolute Gasteiger partial charge is 0.0724 e. The van der Waals surface area contributed by atoms with E-state index in [4.69, 9.17) is 0 Å². The molecule has 0 aromatic heterocycles. The summed E-state index contributed by atoms with van der Waals surface area (Å²) >= 11 is 0. The third-order valence-electron chi connectivity index (χ3n) is 7.89. The molecule has 0 saturated heterocycles. The van der Waals surface area contributed by atoms with Gasteiger partial charge in [-0.05, 0) is 68.6 Å². The van der Waals surface area contributed by atoms with Gasteiger partial charge in [-0.25, -0.2) is 0 Å². The zero-order chi connectivity index (χ0) is 15.7. The van der Waals surface area contributed by atoms with Crippen molar-refractivity contribution in [3.8, 4) is 0 Å². The van der Waals surface area contributed by atoms with Crippen molar-refractivity contribution in [1.29, 1.82) is 0 Å². The Bertz CT molecular complexity index is 548. The molecule has 1 unspecified atom stereocenters. The lowest BCUT2D eigenvalue weighted by molar-refractivity contribution is -0.00912. The number of aliphatic hydroxyl groups excluding tert-OH is 2. The molecule has 0 aliphatic heterocycles. The van der Waals surface area contributed by atoms with Gasteiger partial charge in [-0.15, -0.1) is 0 Å². The van der Waals surface area contributed by atoms with Gasteiger partial charge in [0.25, 0.3) is 0 Å². The van der Waals surface area contributed by atoms with Gasteiger partial charge in [0.15, 0.2) is 0 Å². The molecule has 0 amide bonds. The maximum Gasteiger partial charge on any atom is 0.0724 e. The maximum atomic E-state index is 10.5. The van der Waals surface area contributed by atoms with E-state index in [1.165, 1.54) is 6.42 Å². The minimum Gasteiger partial charge on any atom is -0.393 e. The summed E-state index contributed by atoms with van der Waals surface area (Å²) < 4.78 is 0. The lowest BCUT2D eigenvalue weighted by atomic mass is 9.48. The van der Waals surface area contributed by atoms with Gasteiger partial charge in [0.1, 0.15) is 0 Å². The Kier molecular flexibility index (Phi) is 3.20. The molecule has 4 rings (SSSR count). The molecule has 7 atom stereocenters. The van der Waals surface area contributed by atoms with Gasteiger partial charge in [-0.3, -0.25) is 0 Å². The van der Waals surface area contributed by atoms with Crippen molar-refractivity contribution < 1.29 is 10.2 Å². The summed E-state index contributed by atoms with van der Waals surface area (Å²) in [6.45, 7) is 7.06. The second-order valence-corrected chi connectivity index (χ2v) is 8.91. The molecule has 0 spiro atoms. The highest BCUT2D eigenvalue weighted by atomic mass is 16.3. The molecule has 0 bridgehead atoms. The van der Waals surface area contributed by atoms with Gasteiger partial charge in [0, 0.05) is 5.41 Å². The number of rotatable bonds is 0. The molecule has 0 heterocycles. The lowest BCUT2D eigenvalue weighted by Crippen LogP contribution is -2.49. The first-order chi connectivity index (χ1) is 10.4. The van der Waals surface area contributed by atoms with E-state index in [1.807, 2.05) is 6.08 Å².